The largest absolute Gasteiger partial charge is 0.489 e. The van der Waals surface area contributed by atoms with Crippen LogP contribution >= 0.6 is 23.2 Å². The summed E-state index contributed by atoms with van der Waals surface area (Å²) in [6, 6.07) is 21.4. The van der Waals surface area contributed by atoms with Crippen LogP contribution < -0.4 is 9.46 Å². The summed E-state index contributed by atoms with van der Waals surface area (Å²) in [5.41, 5.74) is 3.08. The second kappa shape index (κ2) is 11.9. The second-order valence-corrected chi connectivity index (χ2v) is 11.0. The topological polar surface area (TPSA) is 90.3 Å². The van der Waals surface area contributed by atoms with E-state index in [0.717, 1.165) is 28.5 Å². The van der Waals surface area contributed by atoms with Crippen LogP contribution in [0.3, 0.4) is 0 Å². The molecule has 1 aromatic heterocycles. The van der Waals surface area contributed by atoms with Gasteiger partial charge >= 0.3 is 0 Å². The van der Waals surface area contributed by atoms with E-state index in [1.54, 1.807) is 23.6 Å². The number of hydrogen-bond acceptors (Lipinski definition) is 5. The third kappa shape index (κ3) is 6.83. The molecule has 0 bridgehead atoms. The lowest BCUT2D eigenvalue weighted by Crippen LogP contribution is -2.29. The number of nitrogens with one attached hydrogen (secondary N) is 1. The lowest BCUT2D eigenvalue weighted by Gasteiger charge is -2.12. The Balaban J connectivity index is 1.47. The summed E-state index contributed by atoms with van der Waals surface area (Å²) in [6.45, 7) is 4.33. The van der Waals surface area contributed by atoms with Crippen molar-refractivity contribution in [2.24, 2.45) is 0 Å². The van der Waals surface area contributed by atoms with E-state index in [1.807, 2.05) is 60.2 Å². The zero-order chi connectivity index (χ0) is 27.3. The molecule has 0 spiro atoms. The minimum absolute atomic E-state index is 0.00368. The van der Waals surface area contributed by atoms with Crippen LogP contribution in [-0.2, 0) is 28.0 Å². The standard InChI is InChI=1S/C28H25Cl2N3O4S/c1-19-8-12-24(13-9-19)38(35,36)32-27(34)15-14-26-28(30)31-20(2)33(26)17-22-11-10-21(16-25(22)29)18-37-23-6-4-3-5-7-23/h3-16H,17-18H2,1-2H3,(H,32,34). The highest BCUT2D eigenvalue weighted by molar-refractivity contribution is 7.90. The molecule has 7 nitrogen and oxygen atoms in total. The predicted octanol–water partition coefficient (Wildman–Crippen LogP) is 5.95. The van der Waals surface area contributed by atoms with Crippen LogP contribution in [0.1, 0.15) is 28.2 Å². The number of sulfonamides is 1. The van der Waals surface area contributed by atoms with Crippen LogP contribution in [0.2, 0.25) is 10.2 Å². The number of nitrogens with zero attached hydrogens (tertiary/aromatic N) is 2. The number of para-hydroxylation sites is 1. The molecular formula is C28H25Cl2N3O4S. The van der Waals surface area contributed by atoms with Crippen molar-refractivity contribution in [1.82, 2.24) is 14.3 Å². The molecule has 0 atom stereocenters. The van der Waals surface area contributed by atoms with Crippen molar-refractivity contribution in [3.8, 4) is 5.75 Å². The molecule has 4 rings (SSSR count). The van der Waals surface area contributed by atoms with Gasteiger partial charge < -0.3 is 9.30 Å². The number of carbonyl (C=O) groups excluding carboxylic acids is 1. The molecule has 0 saturated heterocycles. The maximum Gasteiger partial charge on any atom is 0.264 e. The van der Waals surface area contributed by atoms with Gasteiger partial charge in [0.1, 0.15) is 18.2 Å². The fraction of sp³-hybridized carbons (Fsp3) is 0.143. The van der Waals surface area contributed by atoms with E-state index in [4.69, 9.17) is 27.9 Å². The first-order valence-electron chi connectivity index (χ1n) is 11.6. The van der Waals surface area contributed by atoms with Gasteiger partial charge in [0.15, 0.2) is 5.15 Å². The van der Waals surface area contributed by atoms with Crippen LogP contribution in [0.4, 0.5) is 0 Å². The summed E-state index contributed by atoms with van der Waals surface area (Å²) in [5.74, 6) is 0.561. The summed E-state index contributed by atoms with van der Waals surface area (Å²) in [7, 11) is -4.01. The van der Waals surface area contributed by atoms with Gasteiger partial charge in [-0.1, -0.05) is 71.2 Å². The van der Waals surface area contributed by atoms with Gasteiger partial charge in [-0.2, -0.15) is 0 Å². The second-order valence-electron chi connectivity index (χ2n) is 8.56. The van der Waals surface area contributed by atoms with E-state index in [-0.39, 0.29) is 10.0 Å². The fourth-order valence-corrected chi connectivity index (χ4v) is 5.16. The molecule has 0 aliphatic rings. The van der Waals surface area contributed by atoms with Gasteiger partial charge in [0.2, 0.25) is 0 Å². The highest BCUT2D eigenvalue weighted by Crippen LogP contribution is 2.25. The van der Waals surface area contributed by atoms with Gasteiger partial charge in [0, 0.05) is 11.1 Å². The number of amides is 1. The molecule has 1 heterocycles. The molecule has 0 aliphatic carbocycles. The average Bonchev–Trinajstić information content (AvgIpc) is 3.15. The molecule has 0 fully saturated rings. The van der Waals surface area contributed by atoms with Crippen LogP contribution in [0.15, 0.2) is 83.8 Å². The van der Waals surface area contributed by atoms with Crippen LogP contribution in [0.25, 0.3) is 6.08 Å². The Morgan fingerprint density at radius 1 is 1.03 bits per heavy atom. The Labute approximate surface area is 231 Å². The van der Waals surface area contributed by atoms with Gasteiger partial charge in [-0.05, 0) is 61.4 Å². The van der Waals surface area contributed by atoms with E-state index in [0.29, 0.717) is 29.7 Å². The van der Waals surface area contributed by atoms with Crippen molar-refractivity contribution in [3.05, 3.63) is 117 Å². The van der Waals surface area contributed by atoms with Gasteiger partial charge in [-0.15, -0.1) is 0 Å². The Hall–Kier alpha value is -3.59. The zero-order valence-corrected chi connectivity index (χ0v) is 23.0. The first kappa shape index (κ1) is 27.4. The number of benzene rings is 3. The van der Waals surface area contributed by atoms with Gasteiger partial charge in [-0.25, -0.2) is 18.1 Å². The quantitative estimate of drug-likeness (QED) is 0.251. The molecule has 0 aliphatic heterocycles. The van der Waals surface area contributed by atoms with Gasteiger partial charge in [0.25, 0.3) is 15.9 Å². The Bertz CT molecular complexity index is 1580. The Kier molecular flexibility index (Phi) is 8.56. The number of carbonyl (C=O) groups is 1. The molecule has 4 aromatic rings. The lowest BCUT2D eigenvalue weighted by atomic mass is 10.1. The third-order valence-corrected chi connectivity index (χ3v) is 7.70. The summed E-state index contributed by atoms with van der Waals surface area (Å²) in [4.78, 5) is 16.7. The van der Waals surface area contributed by atoms with Crippen LogP contribution in [0.5, 0.6) is 5.75 Å². The number of aromatic nitrogens is 2. The molecule has 0 radical (unpaired) electrons. The number of rotatable bonds is 9. The van der Waals surface area contributed by atoms with E-state index in [2.05, 4.69) is 4.98 Å². The molecule has 0 unspecified atom stereocenters. The van der Waals surface area contributed by atoms with Crippen molar-refractivity contribution in [2.45, 2.75) is 31.9 Å². The van der Waals surface area contributed by atoms with Crippen molar-refractivity contribution < 1.29 is 17.9 Å². The first-order chi connectivity index (χ1) is 18.1. The molecule has 1 amide bonds. The number of imidazole rings is 1. The van der Waals surface area contributed by atoms with Crippen molar-refractivity contribution >= 4 is 45.2 Å². The molecule has 1 N–H and O–H groups in total. The minimum atomic E-state index is -4.01. The summed E-state index contributed by atoms with van der Waals surface area (Å²) in [5, 5.41) is 0.720. The minimum Gasteiger partial charge on any atom is -0.489 e. The number of ether oxygens (including phenoxy) is 1. The number of halogens is 2. The smallest absolute Gasteiger partial charge is 0.264 e. The molecule has 0 saturated carbocycles. The fourth-order valence-electron chi connectivity index (χ4n) is 3.66. The number of aryl methyl sites for hydroxylation is 2. The monoisotopic (exact) mass is 569 g/mol. The van der Waals surface area contributed by atoms with E-state index in [1.165, 1.54) is 18.2 Å². The summed E-state index contributed by atoms with van der Waals surface area (Å²) >= 11 is 12.9. The third-order valence-electron chi connectivity index (χ3n) is 5.71. The van der Waals surface area contributed by atoms with E-state index < -0.39 is 15.9 Å². The Morgan fingerprint density at radius 3 is 2.42 bits per heavy atom. The maximum atomic E-state index is 12.5. The zero-order valence-electron chi connectivity index (χ0n) is 20.7. The van der Waals surface area contributed by atoms with Crippen LogP contribution in [-0.4, -0.2) is 23.9 Å². The molecule has 196 valence electrons. The van der Waals surface area contributed by atoms with Crippen molar-refractivity contribution in [3.63, 3.8) is 0 Å². The van der Waals surface area contributed by atoms with E-state index in [9.17, 15) is 13.2 Å². The maximum absolute atomic E-state index is 12.5. The predicted molar refractivity (Wildman–Crippen MR) is 149 cm³/mol. The van der Waals surface area contributed by atoms with Gasteiger partial charge in [0.05, 0.1) is 17.1 Å². The average molecular weight is 570 g/mol. The molecule has 38 heavy (non-hydrogen) atoms. The summed E-state index contributed by atoms with van der Waals surface area (Å²) in [6.07, 6.45) is 2.54. The molecular weight excluding hydrogens is 545 g/mol. The number of hydrogen-bond donors (Lipinski definition) is 1. The van der Waals surface area contributed by atoms with Crippen molar-refractivity contribution in [2.75, 3.05) is 0 Å². The normalized spacial score (nSPS) is 11.6. The molecule has 3 aromatic carbocycles. The van der Waals surface area contributed by atoms with Crippen molar-refractivity contribution in [1.29, 1.82) is 0 Å². The van der Waals surface area contributed by atoms with Crippen LogP contribution in [0, 0.1) is 13.8 Å². The highest BCUT2D eigenvalue weighted by Gasteiger charge is 2.17. The lowest BCUT2D eigenvalue weighted by molar-refractivity contribution is -0.114. The first-order valence-corrected chi connectivity index (χ1v) is 13.9. The summed E-state index contributed by atoms with van der Waals surface area (Å²) < 4.78 is 34.6. The van der Waals surface area contributed by atoms with Gasteiger partial charge in [-0.3, -0.25) is 4.79 Å². The van der Waals surface area contributed by atoms with E-state index >= 15 is 0 Å². The Morgan fingerprint density at radius 2 is 1.74 bits per heavy atom. The highest BCUT2D eigenvalue weighted by atomic mass is 35.5. The molecule has 10 heteroatoms. The SMILES string of the molecule is Cc1ccc(S(=O)(=O)NC(=O)C=Cc2c(Cl)nc(C)n2Cc2ccc(COc3ccccc3)cc2Cl)cc1.